The molecule has 94 valence electrons. The monoisotopic (exact) mass is 282 g/mol. The normalized spacial score (nSPS) is 12.9. The van der Waals surface area contributed by atoms with Gasteiger partial charge < -0.3 is 16.6 Å². The number of hydrogen-bond acceptors (Lipinski definition) is 4. The van der Waals surface area contributed by atoms with Crippen LogP contribution in [0.25, 0.3) is 0 Å². The minimum Gasteiger partial charge on any atom is -0.480 e. The average Bonchev–Trinajstić information content (AvgIpc) is 2.38. The first kappa shape index (κ1) is 16.7. The fourth-order valence-corrected chi connectivity index (χ4v) is 1.64. The summed E-state index contributed by atoms with van der Waals surface area (Å²) in [4.78, 5) is 23.0. The van der Waals surface area contributed by atoms with Crippen LogP contribution < -0.4 is 22.4 Å². The SMILES string of the molecule is [B]c1cc(C(=O)C([B])([B])C(N)C(=O)O)c(N)c([B])c1Cl. The van der Waals surface area contributed by atoms with E-state index in [1.807, 2.05) is 0 Å². The van der Waals surface area contributed by atoms with E-state index in [4.69, 9.17) is 59.6 Å². The lowest BCUT2D eigenvalue weighted by Gasteiger charge is -2.29. The molecule has 1 aromatic carbocycles. The van der Waals surface area contributed by atoms with Crippen molar-refractivity contribution in [1.29, 1.82) is 0 Å². The summed E-state index contributed by atoms with van der Waals surface area (Å²) < 4.78 is 0. The highest BCUT2D eigenvalue weighted by molar-refractivity contribution is 6.58. The van der Waals surface area contributed by atoms with Crippen molar-refractivity contribution in [2.24, 2.45) is 5.73 Å². The van der Waals surface area contributed by atoms with Gasteiger partial charge in [0, 0.05) is 16.3 Å². The molecular weight excluding hydrogens is 275 g/mol. The van der Waals surface area contributed by atoms with Gasteiger partial charge >= 0.3 is 5.97 Å². The van der Waals surface area contributed by atoms with Gasteiger partial charge in [-0.3, -0.25) is 9.59 Å². The number of carbonyl (C=O) groups excluding carboxylic acids is 1. The summed E-state index contributed by atoms with van der Waals surface area (Å²) in [5.74, 6) is -2.56. The third kappa shape index (κ3) is 2.74. The molecule has 0 aliphatic carbocycles. The molecule has 0 amide bonds. The van der Waals surface area contributed by atoms with Crippen LogP contribution in [-0.4, -0.2) is 54.3 Å². The van der Waals surface area contributed by atoms with E-state index in [0.29, 0.717) is 0 Å². The maximum atomic E-state index is 12.2. The summed E-state index contributed by atoms with van der Waals surface area (Å²) >= 11 is 5.76. The van der Waals surface area contributed by atoms with Crippen LogP contribution in [0, 0.1) is 0 Å². The van der Waals surface area contributed by atoms with E-state index in [-0.39, 0.29) is 27.2 Å². The highest BCUT2D eigenvalue weighted by Crippen LogP contribution is 2.28. The number of nitrogen functional groups attached to an aromatic ring is 1. The lowest BCUT2D eigenvalue weighted by atomic mass is 9.47. The van der Waals surface area contributed by atoms with Crippen LogP contribution in [0.2, 0.25) is 10.2 Å². The molecule has 0 aromatic heterocycles. The summed E-state index contributed by atoms with van der Waals surface area (Å²) in [6, 6.07) is -0.730. The van der Waals surface area contributed by atoms with Crippen molar-refractivity contribution < 1.29 is 14.7 Å². The Hall–Kier alpha value is -1.33. The quantitative estimate of drug-likeness (QED) is 0.323. The molecule has 20 heavy (non-hydrogen) atoms. The second-order valence-corrected chi connectivity index (χ2v) is 4.61. The molecule has 0 saturated heterocycles. The van der Waals surface area contributed by atoms with Gasteiger partial charge in [0.2, 0.25) is 0 Å². The number of rotatable bonds is 4. The first-order valence-electron chi connectivity index (χ1n) is 5.25. The second-order valence-electron chi connectivity index (χ2n) is 4.23. The van der Waals surface area contributed by atoms with E-state index < -0.39 is 23.0 Å². The topological polar surface area (TPSA) is 106 Å². The Balaban J connectivity index is 3.39. The van der Waals surface area contributed by atoms with Crippen LogP contribution in [0.3, 0.4) is 0 Å². The maximum absolute atomic E-state index is 12.2. The number of benzene rings is 1. The van der Waals surface area contributed by atoms with Crippen LogP contribution in [0.5, 0.6) is 0 Å². The van der Waals surface area contributed by atoms with Gasteiger partial charge in [-0.1, -0.05) is 28.6 Å². The summed E-state index contributed by atoms with van der Waals surface area (Å²) in [5, 5.41) is 6.39. The van der Waals surface area contributed by atoms with Crippen LogP contribution in [0.4, 0.5) is 5.69 Å². The molecule has 0 aliphatic rings. The number of Topliss-reactive ketones (excluding diaryl/α,β-unsaturated/α-hetero) is 1. The molecule has 0 aliphatic heterocycles. The number of aliphatic carboxylic acids is 1. The van der Waals surface area contributed by atoms with Gasteiger partial charge in [0.25, 0.3) is 0 Å². The Morgan fingerprint density at radius 2 is 1.85 bits per heavy atom. The number of carboxylic acid groups (broad SMARTS) is 1. The smallest absolute Gasteiger partial charge is 0.319 e. The number of hydrogen-bond donors (Lipinski definition) is 3. The Kier molecular flexibility index (Phi) is 4.66. The number of halogens is 1. The van der Waals surface area contributed by atoms with Crippen molar-refractivity contribution in [3.63, 3.8) is 0 Å². The van der Waals surface area contributed by atoms with E-state index in [9.17, 15) is 9.59 Å². The molecule has 1 aromatic rings. The molecule has 0 fully saturated rings. The molecule has 1 atom stereocenters. The van der Waals surface area contributed by atoms with Crippen LogP contribution in [0.15, 0.2) is 6.07 Å². The van der Waals surface area contributed by atoms with Crippen molar-refractivity contribution in [1.82, 2.24) is 0 Å². The predicted octanol–water partition coefficient (Wildman–Crippen LogP) is -2.44. The maximum Gasteiger partial charge on any atom is 0.319 e. The number of ketones is 1. The van der Waals surface area contributed by atoms with Crippen LogP contribution in [-0.2, 0) is 4.79 Å². The Morgan fingerprint density at radius 1 is 1.35 bits per heavy atom. The molecule has 5 N–H and O–H groups in total. The summed E-state index contributed by atoms with van der Waals surface area (Å²) in [6.45, 7) is 0. The van der Waals surface area contributed by atoms with Crippen LogP contribution in [0.1, 0.15) is 10.4 Å². The number of anilines is 1. The van der Waals surface area contributed by atoms with Gasteiger partial charge in [0.1, 0.15) is 21.7 Å². The van der Waals surface area contributed by atoms with E-state index in [1.165, 1.54) is 0 Å². The molecule has 0 heterocycles. The van der Waals surface area contributed by atoms with E-state index >= 15 is 0 Å². The minimum atomic E-state index is -2.38. The molecule has 5 nitrogen and oxygen atoms in total. The first-order chi connectivity index (χ1) is 9.01. The van der Waals surface area contributed by atoms with E-state index in [0.717, 1.165) is 6.07 Å². The Labute approximate surface area is 126 Å². The lowest BCUT2D eigenvalue weighted by molar-refractivity contribution is -0.138. The van der Waals surface area contributed by atoms with Gasteiger partial charge in [-0.25, -0.2) is 0 Å². The van der Waals surface area contributed by atoms with Gasteiger partial charge in [0.05, 0.1) is 15.7 Å². The first-order valence-corrected chi connectivity index (χ1v) is 5.63. The standard InChI is InChI=1S/C10H7B4ClN2O3/c11-3-1-2(6(16)4(12)5(3)15)8(18)10(13,14)7(17)9(19)20/h1,7H,16-17H2,(H,19,20). The number of carbonyl (C=O) groups is 2. The van der Waals surface area contributed by atoms with Crippen molar-refractivity contribution in [2.45, 2.75) is 11.3 Å². The Morgan fingerprint density at radius 3 is 2.30 bits per heavy atom. The average molecular weight is 282 g/mol. The Bertz CT molecular complexity index is 594. The van der Waals surface area contributed by atoms with Crippen molar-refractivity contribution >= 4 is 71.4 Å². The molecule has 8 radical (unpaired) electrons. The highest BCUT2D eigenvalue weighted by atomic mass is 35.5. The van der Waals surface area contributed by atoms with Gasteiger partial charge in [-0.05, 0) is 5.21 Å². The molecule has 0 spiro atoms. The summed E-state index contributed by atoms with van der Waals surface area (Å²) in [5.41, 5.74) is 10.3. The number of nitrogens with two attached hydrogens (primary N) is 2. The molecule has 10 heteroatoms. The third-order valence-corrected chi connectivity index (χ3v) is 3.21. The van der Waals surface area contributed by atoms with Crippen molar-refractivity contribution in [3.8, 4) is 0 Å². The van der Waals surface area contributed by atoms with Gasteiger partial charge in [0.15, 0.2) is 5.78 Å². The fourth-order valence-electron chi connectivity index (χ4n) is 1.48. The zero-order chi connectivity index (χ0) is 15.8. The minimum absolute atomic E-state index is 0.0265. The second kappa shape index (κ2) is 5.58. The van der Waals surface area contributed by atoms with Gasteiger partial charge in [-0.15, -0.1) is 0 Å². The van der Waals surface area contributed by atoms with Crippen molar-refractivity contribution in [2.75, 3.05) is 5.73 Å². The van der Waals surface area contributed by atoms with Crippen molar-refractivity contribution in [3.05, 3.63) is 16.7 Å². The lowest BCUT2D eigenvalue weighted by Crippen LogP contribution is -2.48. The van der Waals surface area contributed by atoms with E-state index in [2.05, 4.69) is 0 Å². The molecule has 0 bridgehead atoms. The fraction of sp³-hybridized carbons (Fsp3) is 0.200. The highest BCUT2D eigenvalue weighted by Gasteiger charge is 2.39. The van der Waals surface area contributed by atoms with Gasteiger partial charge in [-0.2, -0.15) is 0 Å². The predicted molar refractivity (Wildman–Crippen MR) is 80.8 cm³/mol. The molecular formula is C10H7B4ClN2O3. The van der Waals surface area contributed by atoms with E-state index in [1.54, 1.807) is 0 Å². The molecule has 1 unspecified atom stereocenters. The zero-order valence-electron chi connectivity index (χ0n) is 10.3. The van der Waals surface area contributed by atoms with Crippen LogP contribution >= 0.6 is 11.6 Å². The molecule has 0 saturated carbocycles. The third-order valence-electron chi connectivity index (χ3n) is 2.79. The summed E-state index contributed by atoms with van der Waals surface area (Å²) in [7, 11) is 22.1. The number of carboxylic acids is 1. The molecule has 1 rings (SSSR count). The largest absolute Gasteiger partial charge is 0.480 e. The summed E-state index contributed by atoms with van der Waals surface area (Å²) in [6.07, 6.45) is 0. The zero-order valence-corrected chi connectivity index (χ0v) is 11.0.